The molecule has 0 aromatic rings. The van der Waals surface area contributed by atoms with Gasteiger partial charge in [0.25, 0.3) is 0 Å². The van der Waals surface area contributed by atoms with Crippen molar-refractivity contribution in [2.24, 2.45) is 34.0 Å². The third kappa shape index (κ3) is 5.00. The van der Waals surface area contributed by atoms with E-state index < -0.39 is 52.9 Å². The Kier molecular flexibility index (Phi) is 8.30. The van der Waals surface area contributed by atoms with Crippen LogP contribution in [-0.4, -0.2) is 75.7 Å². The molecule has 4 aliphatic rings. The molecule has 1 amide bonds. The summed E-state index contributed by atoms with van der Waals surface area (Å²) in [6, 6.07) is 0. The highest BCUT2D eigenvalue weighted by atomic mass is 16.6. The summed E-state index contributed by atoms with van der Waals surface area (Å²) in [5.74, 6) is -2.48. The number of carbonyl (C=O) groups excluding carboxylic acids is 3. The summed E-state index contributed by atoms with van der Waals surface area (Å²) in [5.41, 5.74) is 0.857. The van der Waals surface area contributed by atoms with Crippen LogP contribution in [0.3, 0.4) is 0 Å². The number of nitrogens with one attached hydrogen (secondary N) is 2. The van der Waals surface area contributed by atoms with Gasteiger partial charge in [-0.15, -0.1) is 0 Å². The van der Waals surface area contributed by atoms with Crippen molar-refractivity contribution in [3.8, 4) is 0 Å². The summed E-state index contributed by atoms with van der Waals surface area (Å²) in [6.07, 6.45) is 5.08. The van der Waals surface area contributed by atoms with E-state index in [-0.39, 0.29) is 36.3 Å². The van der Waals surface area contributed by atoms with E-state index in [4.69, 9.17) is 4.84 Å². The predicted octanol–water partition coefficient (Wildman–Crippen LogP) is -0.519. The molecule has 8 atom stereocenters. The molecule has 0 aromatic heterocycles. The van der Waals surface area contributed by atoms with Crippen LogP contribution in [0.1, 0.15) is 66.2 Å². The maximum Gasteiger partial charge on any atom is 0.248 e. The molecule has 11 nitrogen and oxygen atoms in total. The first-order valence-corrected chi connectivity index (χ1v) is 14.1. The fraction of sp³-hybridized carbons (Fsp3) is 0.759. The Morgan fingerprint density at radius 1 is 1.25 bits per heavy atom. The molecule has 0 aliphatic heterocycles. The first-order valence-electron chi connectivity index (χ1n) is 14.1. The Morgan fingerprint density at radius 3 is 2.60 bits per heavy atom. The molecule has 0 heterocycles. The lowest BCUT2D eigenvalue weighted by molar-refractivity contribution is -0.319. The third-order valence-corrected chi connectivity index (χ3v) is 10.6. The highest BCUT2D eigenvalue weighted by Crippen LogP contribution is 2.67. The summed E-state index contributed by atoms with van der Waals surface area (Å²) in [5, 5.41) is 55.5. The monoisotopic (exact) mass is 563 g/mol. The molecule has 0 saturated heterocycles. The van der Waals surface area contributed by atoms with Gasteiger partial charge in [-0.1, -0.05) is 39.3 Å². The van der Waals surface area contributed by atoms with E-state index in [1.54, 1.807) is 0 Å². The molecule has 0 unspecified atom stereocenters. The molecular formula is C29H43N2O9-. The van der Waals surface area contributed by atoms with Crippen LogP contribution < -0.4 is 15.9 Å². The first-order chi connectivity index (χ1) is 18.6. The van der Waals surface area contributed by atoms with Gasteiger partial charge in [0.2, 0.25) is 5.91 Å². The van der Waals surface area contributed by atoms with Crippen molar-refractivity contribution in [1.29, 1.82) is 0 Å². The molecule has 0 bridgehead atoms. The van der Waals surface area contributed by atoms with E-state index in [2.05, 4.69) is 17.7 Å². The number of aliphatic hydroxyl groups is 4. The number of aliphatic carboxylic acids is 1. The quantitative estimate of drug-likeness (QED) is 0.189. The minimum Gasteiger partial charge on any atom is -0.547 e. The highest BCUT2D eigenvalue weighted by Gasteiger charge is 2.68. The van der Waals surface area contributed by atoms with E-state index >= 15 is 0 Å². The summed E-state index contributed by atoms with van der Waals surface area (Å²) < 4.78 is 0. The second-order valence-electron chi connectivity index (χ2n) is 13.3. The summed E-state index contributed by atoms with van der Waals surface area (Å²) >= 11 is 0. The van der Waals surface area contributed by atoms with Gasteiger partial charge >= 0.3 is 0 Å². The van der Waals surface area contributed by atoms with Crippen molar-refractivity contribution >= 4 is 17.7 Å². The number of rotatable bonds is 10. The Morgan fingerprint density at radius 2 is 1.95 bits per heavy atom. The number of hydrogen-bond acceptors (Lipinski definition) is 10. The largest absolute Gasteiger partial charge is 0.547 e. The minimum atomic E-state index is -1.73. The van der Waals surface area contributed by atoms with Crippen LogP contribution in [0.4, 0.5) is 0 Å². The second kappa shape index (κ2) is 10.8. The van der Waals surface area contributed by atoms with Gasteiger partial charge < -0.3 is 35.6 Å². The van der Waals surface area contributed by atoms with Crippen LogP contribution in [0.2, 0.25) is 0 Å². The summed E-state index contributed by atoms with van der Waals surface area (Å²) in [6.45, 7) is 5.95. The van der Waals surface area contributed by atoms with Crippen molar-refractivity contribution in [1.82, 2.24) is 10.8 Å². The van der Waals surface area contributed by atoms with Crippen LogP contribution in [0.5, 0.6) is 0 Å². The van der Waals surface area contributed by atoms with Crippen molar-refractivity contribution < 1.29 is 44.8 Å². The van der Waals surface area contributed by atoms with Gasteiger partial charge in [0.15, 0.2) is 12.4 Å². The molecule has 40 heavy (non-hydrogen) atoms. The van der Waals surface area contributed by atoms with Crippen LogP contribution in [-0.2, 0) is 19.2 Å². The molecule has 4 aliphatic carbocycles. The van der Waals surface area contributed by atoms with Crippen LogP contribution in [0, 0.1) is 34.0 Å². The molecule has 224 valence electrons. The number of carboxylic acids is 1. The topological polar surface area (TPSA) is 188 Å². The molecule has 4 rings (SSSR count). The number of Topliss-reactive ketones (excluding diaryl/α,β-unsaturated/α-hetero) is 1. The van der Waals surface area contributed by atoms with Crippen LogP contribution in [0.25, 0.3) is 0 Å². The maximum atomic E-state index is 12.6. The molecular weight excluding hydrogens is 520 g/mol. The van der Waals surface area contributed by atoms with Gasteiger partial charge in [-0.2, -0.15) is 0 Å². The minimum absolute atomic E-state index is 0.0404. The van der Waals surface area contributed by atoms with Gasteiger partial charge in [-0.05, 0) is 67.8 Å². The van der Waals surface area contributed by atoms with Crippen molar-refractivity contribution in [3.05, 3.63) is 23.4 Å². The fourth-order valence-electron chi connectivity index (χ4n) is 8.19. The number of ketones is 1. The van der Waals surface area contributed by atoms with Crippen LogP contribution >= 0.6 is 0 Å². The Hall–Kier alpha value is -2.31. The second-order valence-corrected chi connectivity index (χ2v) is 13.3. The zero-order chi connectivity index (χ0) is 29.7. The lowest BCUT2D eigenvalue weighted by Gasteiger charge is -2.60. The third-order valence-electron chi connectivity index (χ3n) is 10.6. The lowest BCUT2D eigenvalue weighted by atomic mass is 9.45. The first kappa shape index (κ1) is 30.6. The average molecular weight is 564 g/mol. The number of hydrogen-bond donors (Lipinski definition) is 6. The molecule has 0 radical (unpaired) electrons. The Labute approximate surface area is 234 Å². The number of aliphatic hydroxyl groups excluding tert-OH is 3. The van der Waals surface area contributed by atoms with E-state index in [1.807, 2.05) is 19.1 Å². The fourth-order valence-corrected chi connectivity index (χ4v) is 8.19. The van der Waals surface area contributed by atoms with Gasteiger partial charge in [-0.3, -0.25) is 19.9 Å². The lowest BCUT2D eigenvalue weighted by Crippen LogP contribution is -2.61. The zero-order valence-corrected chi connectivity index (χ0v) is 23.7. The predicted molar refractivity (Wildman–Crippen MR) is 140 cm³/mol. The van der Waals surface area contributed by atoms with Gasteiger partial charge in [0.1, 0.15) is 18.3 Å². The van der Waals surface area contributed by atoms with E-state index in [1.165, 1.54) is 19.4 Å². The Bertz CT molecular complexity index is 1100. The number of carbonyl (C=O) groups is 3. The highest BCUT2D eigenvalue weighted by molar-refractivity contribution is 5.89. The van der Waals surface area contributed by atoms with E-state index in [0.717, 1.165) is 12.8 Å². The Balaban J connectivity index is 1.37. The van der Waals surface area contributed by atoms with Crippen molar-refractivity contribution in [3.63, 3.8) is 0 Å². The summed E-state index contributed by atoms with van der Waals surface area (Å²) in [4.78, 5) is 41.1. The molecule has 3 fully saturated rings. The van der Waals surface area contributed by atoms with E-state index in [9.17, 15) is 39.9 Å². The number of allylic oxidation sites excluding steroid dienone is 3. The van der Waals surface area contributed by atoms with E-state index in [0.29, 0.717) is 31.4 Å². The molecule has 6 N–H and O–H groups in total. The smallest absolute Gasteiger partial charge is 0.248 e. The SMILES string of the molecule is CC(C)(CNC(=O)CONC1=CC[C@]2(C)C(=C1)CC[C@H]1[C@H]2[C@@H](O)C[C@@]2(C)[C@@H]1CC[C@@]2(O)C(=O)CO)[C@@H](O)C(=O)[O-]. The van der Waals surface area contributed by atoms with Gasteiger partial charge in [-0.25, -0.2) is 0 Å². The van der Waals surface area contributed by atoms with Gasteiger partial charge in [0.05, 0.1) is 17.8 Å². The number of fused-ring (bicyclic) bond motifs is 5. The number of hydroxylamine groups is 1. The average Bonchev–Trinajstić information content (AvgIpc) is 3.17. The summed E-state index contributed by atoms with van der Waals surface area (Å²) in [7, 11) is 0. The standard InChI is InChI=1S/C29H44N2O9/c1-26(2,24(36)25(37)38)15-30-22(35)14-40-31-17-7-9-27(3)16(11-17)5-6-18-19-8-10-29(39,21(34)13-32)28(19,4)12-20(33)23(18)27/h7,11,18-20,23-24,31-33,36,39H,5-6,8-10,12-15H2,1-4H3,(H,30,35)(H,37,38)/p-1/t18-,19-,20+,23+,24+,27-,28+,29-/m1/s1. The maximum absolute atomic E-state index is 12.6. The molecule has 0 spiro atoms. The van der Waals surface area contributed by atoms with Gasteiger partial charge in [0, 0.05) is 17.4 Å². The number of amides is 1. The normalized spacial score (nSPS) is 37.7. The van der Waals surface area contributed by atoms with Crippen molar-refractivity contribution in [2.45, 2.75) is 84.0 Å². The molecule has 0 aromatic carbocycles. The van der Waals surface area contributed by atoms with Crippen LogP contribution in [0.15, 0.2) is 23.4 Å². The van der Waals surface area contributed by atoms with Crippen molar-refractivity contribution in [2.75, 3.05) is 19.8 Å². The molecule has 3 saturated carbocycles. The molecule has 11 heteroatoms. The number of carboxylic acid groups (broad SMARTS) is 1. The zero-order valence-electron chi connectivity index (χ0n) is 23.7.